The molecule has 0 radical (unpaired) electrons. The molecule has 0 aliphatic heterocycles. The summed E-state index contributed by atoms with van der Waals surface area (Å²) >= 11 is 0. The first kappa shape index (κ1) is 12.2. The lowest BCUT2D eigenvalue weighted by Gasteiger charge is -2.14. The first-order valence-electron chi connectivity index (χ1n) is 6.27. The zero-order chi connectivity index (χ0) is 12.1. The molecule has 1 aliphatic rings. The topological polar surface area (TPSA) is 9.23 Å². The first-order chi connectivity index (χ1) is 8.29. The third kappa shape index (κ3) is 3.32. The highest BCUT2D eigenvalue weighted by molar-refractivity contribution is 5.66. The number of hydrogen-bond acceptors (Lipinski definition) is 1. The van der Waals surface area contributed by atoms with Crippen molar-refractivity contribution in [2.24, 2.45) is 0 Å². The Morgan fingerprint density at radius 1 is 1.29 bits per heavy atom. The van der Waals surface area contributed by atoms with Crippen LogP contribution < -0.4 is 4.74 Å². The average Bonchev–Trinajstić information content (AvgIpc) is 2.34. The third-order valence-corrected chi connectivity index (χ3v) is 3.27. The number of methoxy groups -OCH3 is 1. The summed E-state index contributed by atoms with van der Waals surface area (Å²) in [7, 11) is 1.68. The Hall–Kier alpha value is -1.31. The average molecular weight is 234 g/mol. The van der Waals surface area contributed by atoms with Crippen LogP contribution >= 0.6 is 0 Å². The van der Waals surface area contributed by atoms with Crippen LogP contribution in [-0.2, 0) is 0 Å². The Morgan fingerprint density at radius 3 is 3.00 bits per heavy atom. The zero-order valence-corrected chi connectivity index (χ0v) is 10.3. The molecule has 0 aromatic heterocycles. The third-order valence-electron chi connectivity index (χ3n) is 3.27. The number of hydrogen-bond donors (Lipinski definition) is 0. The van der Waals surface area contributed by atoms with E-state index < -0.39 is 6.17 Å². The predicted molar refractivity (Wildman–Crippen MR) is 69.0 cm³/mol. The fraction of sp³-hybridized carbons (Fsp3) is 0.467. The van der Waals surface area contributed by atoms with E-state index in [1.165, 1.54) is 11.1 Å². The highest BCUT2D eigenvalue weighted by Crippen LogP contribution is 2.28. The van der Waals surface area contributed by atoms with Gasteiger partial charge in [0.05, 0.1) is 7.11 Å². The maximum atomic E-state index is 13.2. The minimum Gasteiger partial charge on any atom is -0.497 e. The Labute approximate surface area is 102 Å². The van der Waals surface area contributed by atoms with E-state index >= 15 is 0 Å². The SMILES string of the molecule is COc1cccc(/C2=C\CCC(F)CCC2)c1. The van der Waals surface area contributed by atoms with Crippen molar-refractivity contribution in [2.45, 2.75) is 38.3 Å². The molecule has 1 aromatic rings. The number of ether oxygens (including phenoxy) is 1. The highest BCUT2D eigenvalue weighted by atomic mass is 19.1. The second kappa shape index (κ2) is 5.85. The largest absolute Gasteiger partial charge is 0.497 e. The molecule has 92 valence electrons. The van der Waals surface area contributed by atoms with Crippen molar-refractivity contribution < 1.29 is 9.13 Å². The lowest BCUT2D eigenvalue weighted by Crippen LogP contribution is -2.02. The quantitative estimate of drug-likeness (QED) is 0.737. The van der Waals surface area contributed by atoms with Gasteiger partial charge in [-0.05, 0) is 55.4 Å². The van der Waals surface area contributed by atoms with Gasteiger partial charge in [-0.3, -0.25) is 0 Å². The van der Waals surface area contributed by atoms with Crippen LogP contribution in [0, 0.1) is 0 Å². The van der Waals surface area contributed by atoms with E-state index in [1.807, 2.05) is 12.1 Å². The van der Waals surface area contributed by atoms with Gasteiger partial charge in [-0.2, -0.15) is 0 Å². The second-order valence-corrected chi connectivity index (χ2v) is 4.53. The second-order valence-electron chi connectivity index (χ2n) is 4.53. The monoisotopic (exact) mass is 234 g/mol. The minimum atomic E-state index is -0.613. The molecule has 0 spiro atoms. The molecule has 2 rings (SSSR count). The molecule has 0 heterocycles. The van der Waals surface area contributed by atoms with Crippen molar-refractivity contribution in [3.8, 4) is 5.75 Å². The van der Waals surface area contributed by atoms with Crippen molar-refractivity contribution in [2.75, 3.05) is 7.11 Å². The van der Waals surface area contributed by atoms with Gasteiger partial charge in [-0.15, -0.1) is 0 Å². The summed E-state index contributed by atoms with van der Waals surface area (Å²) in [4.78, 5) is 0. The smallest absolute Gasteiger partial charge is 0.119 e. The maximum Gasteiger partial charge on any atom is 0.119 e. The number of alkyl halides is 1. The molecule has 2 heteroatoms. The number of allylic oxidation sites excluding steroid dienone is 2. The summed E-state index contributed by atoms with van der Waals surface area (Å²) in [6.07, 6.45) is 5.67. The normalized spacial score (nSPS) is 24.4. The number of benzene rings is 1. The molecule has 1 aromatic carbocycles. The molecule has 0 amide bonds. The van der Waals surface area contributed by atoms with Crippen molar-refractivity contribution in [3.63, 3.8) is 0 Å². The molecule has 1 unspecified atom stereocenters. The summed E-state index contributed by atoms with van der Waals surface area (Å²) in [5.74, 6) is 0.883. The summed E-state index contributed by atoms with van der Waals surface area (Å²) in [6, 6.07) is 8.11. The Morgan fingerprint density at radius 2 is 2.18 bits per heavy atom. The van der Waals surface area contributed by atoms with Crippen molar-refractivity contribution in [1.29, 1.82) is 0 Å². The summed E-state index contributed by atoms with van der Waals surface area (Å²) < 4.78 is 18.5. The molecule has 0 saturated carbocycles. The molecule has 1 nitrogen and oxygen atoms in total. The number of rotatable bonds is 2. The van der Waals surface area contributed by atoms with E-state index in [4.69, 9.17) is 4.74 Å². The molecule has 17 heavy (non-hydrogen) atoms. The molecule has 0 saturated heterocycles. The van der Waals surface area contributed by atoms with Crippen molar-refractivity contribution in [1.82, 2.24) is 0 Å². The number of halogens is 1. The van der Waals surface area contributed by atoms with E-state index in [1.54, 1.807) is 7.11 Å². The fourth-order valence-electron chi connectivity index (χ4n) is 2.28. The van der Waals surface area contributed by atoms with Gasteiger partial charge in [-0.25, -0.2) is 4.39 Å². The molecule has 1 atom stereocenters. The van der Waals surface area contributed by atoms with Crippen molar-refractivity contribution >= 4 is 5.57 Å². The molecule has 0 N–H and O–H groups in total. The molecular weight excluding hydrogens is 215 g/mol. The summed E-state index contributed by atoms with van der Waals surface area (Å²) in [6.45, 7) is 0. The van der Waals surface area contributed by atoms with Crippen LogP contribution in [0.5, 0.6) is 5.75 Å². The van der Waals surface area contributed by atoms with E-state index in [2.05, 4.69) is 18.2 Å². The van der Waals surface area contributed by atoms with E-state index in [0.717, 1.165) is 25.0 Å². The van der Waals surface area contributed by atoms with E-state index in [-0.39, 0.29) is 0 Å². The van der Waals surface area contributed by atoms with Crippen molar-refractivity contribution in [3.05, 3.63) is 35.9 Å². The Balaban J connectivity index is 2.16. The lowest BCUT2D eigenvalue weighted by atomic mass is 9.94. The van der Waals surface area contributed by atoms with E-state index in [0.29, 0.717) is 12.8 Å². The van der Waals surface area contributed by atoms with Gasteiger partial charge in [0.1, 0.15) is 11.9 Å². The summed E-state index contributed by atoms with van der Waals surface area (Å²) in [5, 5.41) is 0. The van der Waals surface area contributed by atoms with Gasteiger partial charge in [0.25, 0.3) is 0 Å². The van der Waals surface area contributed by atoms with Gasteiger partial charge in [0, 0.05) is 0 Å². The summed E-state index contributed by atoms with van der Waals surface area (Å²) in [5.41, 5.74) is 2.54. The predicted octanol–water partition coefficient (Wildman–Crippen LogP) is 4.38. The van der Waals surface area contributed by atoms with Crippen LogP contribution in [0.25, 0.3) is 5.57 Å². The Kier molecular flexibility index (Phi) is 4.18. The maximum absolute atomic E-state index is 13.2. The molecule has 0 bridgehead atoms. The van der Waals surface area contributed by atoms with Crippen LogP contribution in [0.3, 0.4) is 0 Å². The minimum absolute atomic E-state index is 0.613. The fourth-order valence-corrected chi connectivity index (χ4v) is 2.28. The standard InChI is InChI=1S/C15H19FO/c1-17-15-10-4-7-13(11-15)12-5-2-8-14(16)9-3-6-12/h4-5,7,10-11,14H,2-3,6,8-9H2,1H3/b12-5-. The van der Waals surface area contributed by atoms with Crippen LogP contribution in [0.1, 0.15) is 37.7 Å². The molecular formula is C15H19FO. The van der Waals surface area contributed by atoms with Crippen LogP contribution in [0.4, 0.5) is 4.39 Å². The van der Waals surface area contributed by atoms with Crippen LogP contribution in [0.15, 0.2) is 30.3 Å². The highest BCUT2D eigenvalue weighted by Gasteiger charge is 2.11. The Bertz CT molecular complexity index is 398. The van der Waals surface area contributed by atoms with Gasteiger partial charge in [0.2, 0.25) is 0 Å². The lowest BCUT2D eigenvalue weighted by molar-refractivity contribution is 0.291. The van der Waals surface area contributed by atoms with Gasteiger partial charge in [-0.1, -0.05) is 18.2 Å². The van der Waals surface area contributed by atoms with Crippen LogP contribution in [-0.4, -0.2) is 13.3 Å². The zero-order valence-electron chi connectivity index (χ0n) is 10.3. The van der Waals surface area contributed by atoms with Gasteiger partial charge >= 0.3 is 0 Å². The molecule has 1 aliphatic carbocycles. The van der Waals surface area contributed by atoms with Gasteiger partial charge < -0.3 is 4.74 Å². The van der Waals surface area contributed by atoms with Crippen LogP contribution in [0.2, 0.25) is 0 Å². The van der Waals surface area contributed by atoms with E-state index in [9.17, 15) is 4.39 Å². The van der Waals surface area contributed by atoms with Gasteiger partial charge in [0.15, 0.2) is 0 Å². The molecule has 0 fully saturated rings. The first-order valence-corrected chi connectivity index (χ1v) is 6.27.